The van der Waals surface area contributed by atoms with Crippen LogP contribution < -0.4 is 0 Å². The summed E-state index contributed by atoms with van der Waals surface area (Å²) in [5, 5.41) is 16.3. The Morgan fingerprint density at radius 2 is 2.27 bits per heavy atom. The molecule has 2 aromatic rings. The predicted molar refractivity (Wildman–Crippen MR) is 54.9 cm³/mol. The average molecular weight is 272 g/mol. The van der Waals surface area contributed by atoms with Crippen molar-refractivity contribution < 1.29 is 9.50 Å². The van der Waals surface area contributed by atoms with Gasteiger partial charge in [0.25, 0.3) is 0 Å². The van der Waals surface area contributed by atoms with Crippen molar-refractivity contribution in [3.05, 3.63) is 40.6 Å². The fourth-order valence-corrected chi connectivity index (χ4v) is 1.46. The van der Waals surface area contributed by atoms with Gasteiger partial charge in [0.2, 0.25) is 0 Å². The number of aliphatic hydroxyl groups excluding tert-OH is 1. The lowest BCUT2D eigenvalue weighted by Crippen LogP contribution is -2.00. The topological polar surface area (TPSA) is 50.9 Å². The van der Waals surface area contributed by atoms with Gasteiger partial charge in [-0.15, -0.1) is 10.2 Å². The van der Waals surface area contributed by atoms with Gasteiger partial charge in [-0.05, 0) is 34.1 Å². The molecular weight excluding hydrogens is 265 g/mol. The summed E-state index contributed by atoms with van der Waals surface area (Å²) in [5.41, 5.74) is 0.574. The van der Waals surface area contributed by atoms with Crippen molar-refractivity contribution in [3.8, 4) is 5.69 Å². The fraction of sp³-hybridized carbons (Fsp3) is 0.111. The Kier molecular flexibility index (Phi) is 2.79. The van der Waals surface area contributed by atoms with Crippen LogP contribution in [0, 0.1) is 5.82 Å². The van der Waals surface area contributed by atoms with E-state index in [4.69, 9.17) is 5.11 Å². The molecule has 0 saturated heterocycles. The molecule has 0 fully saturated rings. The van der Waals surface area contributed by atoms with Crippen LogP contribution in [0.25, 0.3) is 5.69 Å². The van der Waals surface area contributed by atoms with E-state index in [-0.39, 0.29) is 12.4 Å². The summed E-state index contributed by atoms with van der Waals surface area (Å²) in [7, 11) is 0. The lowest BCUT2D eigenvalue weighted by molar-refractivity contribution is 0.269. The monoisotopic (exact) mass is 271 g/mol. The van der Waals surface area contributed by atoms with Gasteiger partial charge in [-0.2, -0.15) is 0 Å². The number of hydrogen-bond acceptors (Lipinski definition) is 3. The molecule has 2 rings (SSSR count). The number of rotatable bonds is 2. The maximum atomic E-state index is 13.2. The van der Waals surface area contributed by atoms with Crippen LogP contribution >= 0.6 is 15.9 Å². The van der Waals surface area contributed by atoms with Crippen LogP contribution in [0.3, 0.4) is 0 Å². The molecule has 0 aliphatic carbocycles. The van der Waals surface area contributed by atoms with Gasteiger partial charge < -0.3 is 5.11 Å². The van der Waals surface area contributed by atoms with Gasteiger partial charge in [0.1, 0.15) is 18.8 Å². The zero-order chi connectivity index (χ0) is 10.8. The summed E-state index contributed by atoms with van der Waals surface area (Å²) in [5.74, 6) is 0.00168. The molecule has 1 aromatic heterocycles. The van der Waals surface area contributed by atoms with E-state index in [0.29, 0.717) is 16.0 Å². The van der Waals surface area contributed by atoms with E-state index >= 15 is 0 Å². The van der Waals surface area contributed by atoms with Crippen LogP contribution in [0.4, 0.5) is 4.39 Å². The van der Waals surface area contributed by atoms with Crippen LogP contribution in [0.5, 0.6) is 0 Å². The van der Waals surface area contributed by atoms with Gasteiger partial charge in [0.15, 0.2) is 5.82 Å². The third-order valence-electron chi connectivity index (χ3n) is 1.94. The molecule has 0 aliphatic rings. The van der Waals surface area contributed by atoms with Crippen LogP contribution in [-0.4, -0.2) is 19.9 Å². The molecule has 78 valence electrons. The molecule has 1 N–H and O–H groups in total. The van der Waals surface area contributed by atoms with E-state index in [1.165, 1.54) is 17.0 Å². The molecule has 0 atom stereocenters. The molecule has 1 aromatic carbocycles. The second kappa shape index (κ2) is 4.08. The van der Waals surface area contributed by atoms with Crippen LogP contribution in [-0.2, 0) is 6.61 Å². The maximum Gasteiger partial charge on any atom is 0.163 e. The Labute approximate surface area is 93.5 Å². The number of halogens is 2. The first-order valence-corrected chi connectivity index (χ1v) is 4.97. The predicted octanol–water partition coefficient (Wildman–Crippen LogP) is 1.66. The van der Waals surface area contributed by atoms with Gasteiger partial charge in [-0.3, -0.25) is 4.57 Å². The highest BCUT2D eigenvalue weighted by molar-refractivity contribution is 9.10. The van der Waals surface area contributed by atoms with Gasteiger partial charge >= 0.3 is 0 Å². The van der Waals surface area contributed by atoms with Crippen LogP contribution in [0.15, 0.2) is 29.0 Å². The number of benzene rings is 1. The summed E-state index contributed by atoms with van der Waals surface area (Å²) >= 11 is 3.06. The van der Waals surface area contributed by atoms with Crippen LogP contribution in [0.1, 0.15) is 5.82 Å². The lowest BCUT2D eigenvalue weighted by Gasteiger charge is -2.05. The molecule has 0 radical (unpaired) electrons. The van der Waals surface area contributed by atoms with E-state index < -0.39 is 0 Å². The van der Waals surface area contributed by atoms with Gasteiger partial charge in [-0.1, -0.05) is 0 Å². The average Bonchev–Trinajstić information content (AvgIpc) is 2.70. The maximum absolute atomic E-state index is 13.2. The number of hydrogen-bond donors (Lipinski definition) is 1. The fourth-order valence-electron chi connectivity index (χ4n) is 1.22. The third-order valence-corrected chi connectivity index (χ3v) is 2.58. The highest BCUT2D eigenvalue weighted by atomic mass is 79.9. The molecule has 1 heterocycles. The Morgan fingerprint density at radius 3 is 2.93 bits per heavy atom. The second-order valence-corrected chi connectivity index (χ2v) is 3.73. The Bertz CT molecular complexity index is 486. The van der Waals surface area contributed by atoms with Crippen molar-refractivity contribution >= 4 is 15.9 Å². The first-order chi connectivity index (χ1) is 7.22. The van der Waals surface area contributed by atoms with E-state index in [1.807, 2.05) is 0 Å². The molecule has 0 aliphatic heterocycles. The summed E-state index contributed by atoms with van der Waals surface area (Å²) in [6, 6.07) is 4.63. The van der Waals surface area contributed by atoms with Crippen LogP contribution in [0.2, 0.25) is 0 Å². The van der Waals surface area contributed by atoms with Gasteiger partial charge in [0.05, 0.1) is 10.2 Å². The van der Waals surface area contributed by atoms with Crippen molar-refractivity contribution in [2.24, 2.45) is 0 Å². The quantitative estimate of drug-likeness (QED) is 0.904. The molecule has 0 amide bonds. The minimum Gasteiger partial charge on any atom is -0.388 e. The Balaban J connectivity index is 2.50. The van der Waals surface area contributed by atoms with Crippen molar-refractivity contribution in [2.45, 2.75) is 6.61 Å². The highest BCUT2D eigenvalue weighted by Crippen LogP contribution is 2.19. The number of nitrogens with zero attached hydrogens (tertiary/aromatic N) is 3. The minimum absolute atomic E-state index is 0.238. The zero-order valence-electron chi connectivity index (χ0n) is 7.56. The lowest BCUT2D eigenvalue weighted by atomic mass is 10.3. The van der Waals surface area contributed by atoms with E-state index in [0.717, 1.165) is 0 Å². The molecular formula is C9H7BrFN3O. The molecule has 15 heavy (non-hydrogen) atoms. The summed E-state index contributed by atoms with van der Waals surface area (Å²) in [4.78, 5) is 0. The Morgan fingerprint density at radius 1 is 1.47 bits per heavy atom. The van der Waals surface area contributed by atoms with Crippen molar-refractivity contribution in [3.63, 3.8) is 0 Å². The Hall–Kier alpha value is -1.27. The first-order valence-electron chi connectivity index (χ1n) is 4.17. The third kappa shape index (κ3) is 1.91. The van der Waals surface area contributed by atoms with E-state index in [1.54, 1.807) is 12.1 Å². The standard InChI is InChI=1S/C9H7BrFN3O/c10-7-2-1-6(3-8(7)11)14-5-12-13-9(14)4-15/h1-3,5,15H,4H2. The van der Waals surface area contributed by atoms with E-state index in [2.05, 4.69) is 26.1 Å². The number of aliphatic hydroxyl groups is 1. The van der Waals surface area contributed by atoms with Gasteiger partial charge in [-0.25, -0.2) is 4.39 Å². The molecule has 0 bridgehead atoms. The summed E-state index contributed by atoms with van der Waals surface area (Å²) < 4.78 is 15.2. The van der Waals surface area contributed by atoms with Crippen molar-refractivity contribution in [1.29, 1.82) is 0 Å². The SMILES string of the molecule is OCc1nncn1-c1ccc(Br)c(F)c1. The zero-order valence-corrected chi connectivity index (χ0v) is 9.15. The van der Waals surface area contributed by atoms with Gasteiger partial charge in [0, 0.05) is 0 Å². The summed E-state index contributed by atoms with van der Waals surface area (Å²) in [6.45, 7) is -0.238. The molecule has 6 heteroatoms. The second-order valence-electron chi connectivity index (χ2n) is 2.87. The smallest absolute Gasteiger partial charge is 0.163 e. The molecule has 0 spiro atoms. The highest BCUT2D eigenvalue weighted by Gasteiger charge is 2.07. The summed E-state index contributed by atoms with van der Waals surface area (Å²) in [6.07, 6.45) is 1.42. The number of aromatic nitrogens is 3. The molecule has 0 unspecified atom stereocenters. The van der Waals surface area contributed by atoms with Crippen molar-refractivity contribution in [1.82, 2.24) is 14.8 Å². The minimum atomic E-state index is -0.370. The molecule has 4 nitrogen and oxygen atoms in total. The first kappa shape index (κ1) is 10.3. The largest absolute Gasteiger partial charge is 0.388 e. The van der Waals surface area contributed by atoms with E-state index in [9.17, 15) is 4.39 Å². The van der Waals surface area contributed by atoms with Crippen molar-refractivity contribution in [2.75, 3.05) is 0 Å². The normalized spacial score (nSPS) is 10.6. The molecule has 0 saturated carbocycles.